The largest absolute Gasteiger partial charge is 0.475 e. The molecule has 1 aromatic heterocycles. The Morgan fingerprint density at radius 3 is 2.29 bits per heavy atom. The summed E-state index contributed by atoms with van der Waals surface area (Å²) in [6.45, 7) is 3.03. The Bertz CT molecular complexity index is 388. The first-order valence-electron chi connectivity index (χ1n) is 3.90. The molecule has 0 aliphatic rings. The van der Waals surface area contributed by atoms with Crippen molar-refractivity contribution in [3.05, 3.63) is 22.6 Å². The fourth-order valence-electron chi connectivity index (χ4n) is 1.26. The van der Waals surface area contributed by atoms with Crippen molar-refractivity contribution in [3.63, 3.8) is 0 Å². The minimum atomic E-state index is -1.19. The van der Waals surface area contributed by atoms with E-state index in [0.29, 0.717) is 5.56 Å². The molecule has 0 spiro atoms. The van der Waals surface area contributed by atoms with Crippen molar-refractivity contribution >= 4 is 11.9 Å². The lowest BCUT2D eigenvalue weighted by atomic mass is 10.1. The second kappa shape index (κ2) is 3.53. The van der Waals surface area contributed by atoms with Gasteiger partial charge in [-0.25, -0.2) is 9.59 Å². The summed E-state index contributed by atoms with van der Waals surface area (Å²) in [7, 11) is 1.23. The summed E-state index contributed by atoms with van der Waals surface area (Å²) < 4.78 is 9.43. The molecule has 0 atom stereocenters. The maximum atomic E-state index is 11.2. The maximum absolute atomic E-state index is 11.2. The molecule has 14 heavy (non-hydrogen) atoms. The van der Waals surface area contributed by atoms with Crippen molar-refractivity contribution in [1.29, 1.82) is 0 Å². The highest BCUT2D eigenvalue weighted by Gasteiger charge is 2.24. The fourth-order valence-corrected chi connectivity index (χ4v) is 1.26. The van der Waals surface area contributed by atoms with Crippen LogP contribution in [0.1, 0.15) is 32.2 Å². The minimum Gasteiger partial charge on any atom is -0.475 e. The van der Waals surface area contributed by atoms with Crippen LogP contribution in [0.2, 0.25) is 0 Å². The molecular weight excluding hydrogens is 188 g/mol. The number of methoxy groups -OCH3 is 1. The van der Waals surface area contributed by atoms with Crippen LogP contribution < -0.4 is 0 Å². The lowest BCUT2D eigenvalue weighted by molar-refractivity contribution is 0.0596. The van der Waals surface area contributed by atoms with Gasteiger partial charge in [0.15, 0.2) is 0 Å². The third kappa shape index (κ3) is 1.48. The monoisotopic (exact) mass is 198 g/mol. The van der Waals surface area contributed by atoms with Gasteiger partial charge < -0.3 is 14.3 Å². The molecule has 0 saturated heterocycles. The van der Waals surface area contributed by atoms with Gasteiger partial charge in [-0.2, -0.15) is 0 Å². The number of carbonyl (C=O) groups excluding carboxylic acids is 1. The number of carboxylic acid groups (broad SMARTS) is 1. The van der Waals surface area contributed by atoms with Crippen LogP contribution in [-0.4, -0.2) is 24.2 Å². The van der Waals surface area contributed by atoms with Crippen molar-refractivity contribution < 1.29 is 23.8 Å². The second-order valence-electron chi connectivity index (χ2n) is 2.78. The van der Waals surface area contributed by atoms with E-state index in [0.717, 1.165) is 0 Å². The predicted molar refractivity (Wildman–Crippen MR) is 46.5 cm³/mol. The number of carboxylic acids is 1. The Morgan fingerprint density at radius 2 is 1.93 bits per heavy atom. The van der Waals surface area contributed by atoms with Gasteiger partial charge in [0.2, 0.25) is 5.76 Å². The number of rotatable bonds is 2. The molecule has 0 aliphatic heterocycles. The van der Waals surface area contributed by atoms with Crippen LogP contribution in [-0.2, 0) is 4.74 Å². The summed E-state index contributed by atoms with van der Waals surface area (Å²) in [6, 6.07) is 0. The number of furan rings is 1. The molecular formula is C9H10O5. The molecule has 5 heteroatoms. The highest BCUT2D eigenvalue weighted by atomic mass is 16.5. The quantitative estimate of drug-likeness (QED) is 0.726. The number of hydrogen-bond donors (Lipinski definition) is 1. The van der Waals surface area contributed by atoms with E-state index in [-0.39, 0.29) is 17.1 Å². The second-order valence-corrected chi connectivity index (χ2v) is 2.78. The zero-order valence-corrected chi connectivity index (χ0v) is 8.08. The molecule has 1 heterocycles. The van der Waals surface area contributed by atoms with E-state index in [1.165, 1.54) is 21.0 Å². The molecule has 0 unspecified atom stereocenters. The number of hydrogen-bond acceptors (Lipinski definition) is 4. The summed E-state index contributed by atoms with van der Waals surface area (Å²) in [4.78, 5) is 21.9. The Balaban J connectivity index is 3.31. The van der Waals surface area contributed by atoms with E-state index < -0.39 is 11.9 Å². The molecule has 1 rings (SSSR count). The van der Waals surface area contributed by atoms with Gasteiger partial charge in [0.1, 0.15) is 11.3 Å². The van der Waals surface area contributed by atoms with E-state index in [9.17, 15) is 9.59 Å². The van der Waals surface area contributed by atoms with Crippen LogP contribution in [0.5, 0.6) is 0 Å². The Hall–Kier alpha value is -1.78. The third-order valence-corrected chi connectivity index (χ3v) is 1.91. The average Bonchev–Trinajstić information content (AvgIpc) is 2.41. The number of ether oxygens (including phenoxy) is 1. The van der Waals surface area contributed by atoms with Gasteiger partial charge in [0, 0.05) is 5.56 Å². The van der Waals surface area contributed by atoms with Gasteiger partial charge in [0.05, 0.1) is 7.11 Å². The van der Waals surface area contributed by atoms with Crippen LogP contribution in [0.15, 0.2) is 4.42 Å². The van der Waals surface area contributed by atoms with Gasteiger partial charge in [0.25, 0.3) is 0 Å². The molecule has 5 nitrogen and oxygen atoms in total. The van der Waals surface area contributed by atoms with Gasteiger partial charge in [-0.05, 0) is 13.8 Å². The molecule has 0 radical (unpaired) electrons. The predicted octanol–water partition coefficient (Wildman–Crippen LogP) is 1.38. The Labute approximate surface area is 80.3 Å². The third-order valence-electron chi connectivity index (χ3n) is 1.91. The smallest absolute Gasteiger partial charge is 0.372 e. The van der Waals surface area contributed by atoms with E-state index in [1.807, 2.05) is 0 Å². The molecule has 0 fully saturated rings. The minimum absolute atomic E-state index is 0.185. The van der Waals surface area contributed by atoms with Crippen LogP contribution >= 0.6 is 0 Å². The van der Waals surface area contributed by atoms with E-state index in [1.54, 1.807) is 0 Å². The lowest BCUT2D eigenvalue weighted by Crippen LogP contribution is -2.04. The molecule has 1 aromatic rings. The summed E-state index contributed by atoms with van der Waals surface area (Å²) in [6.07, 6.45) is 0. The molecule has 0 bridgehead atoms. The Morgan fingerprint density at radius 1 is 1.36 bits per heavy atom. The fraction of sp³-hybridized carbons (Fsp3) is 0.333. The standard InChI is InChI=1S/C9H10O5/c1-4-6(9(12)13-3)5(2)14-7(4)8(10)11/h1-3H3,(H,10,11). The normalized spacial score (nSPS) is 9.93. The SMILES string of the molecule is COC(=O)c1c(C)oc(C(=O)O)c1C. The average molecular weight is 198 g/mol. The molecule has 0 aromatic carbocycles. The highest BCUT2D eigenvalue weighted by molar-refractivity contribution is 5.96. The first-order chi connectivity index (χ1) is 6.49. The van der Waals surface area contributed by atoms with E-state index in [4.69, 9.17) is 9.52 Å². The van der Waals surface area contributed by atoms with Crippen LogP contribution in [0, 0.1) is 13.8 Å². The zero-order chi connectivity index (χ0) is 10.9. The number of esters is 1. The van der Waals surface area contributed by atoms with Crippen molar-refractivity contribution in [2.45, 2.75) is 13.8 Å². The molecule has 76 valence electrons. The first kappa shape index (κ1) is 10.3. The van der Waals surface area contributed by atoms with Crippen molar-refractivity contribution in [3.8, 4) is 0 Å². The van der Waals surface area contributed by atoms with Gasteiger partial charge >= 0.3 is 11.9 Å². The summed E-state index contributed by atoms with van der Waals surface area (Å²) in [5, 5.41) is 8.71. The van der Waals surface area contributed by atoms with Crippen molar-refractivity contribution in [1.82, 2.24) is 0 Å². The first-order valence-corrected chi connectivity index (χ1v) is 3.90. The van der Waals surface area contributed by atoms with E-state index in [2.05, 4.69) is 4.74 Å². The highest BCUT2D eigenvalue weighted by Crippen LogP contribution is 2.22. The van der Waals surface area contributed by atoms with Crippen molar-refractivity contribution in [2.24, 2.45) is 0 Å². The van der Waals surface area contributed by atoms with Gasteiger partial charge in [-0.15, -0.1) is 0 Å². The summed E-state index contributed by atoms with van der Waals surface area (Å²) in [5.74, 6) is -1.74. The maximum Gasteiger partial charge on any atom is 0.372 e. The summed E-state index contributed by atoms with van der Waals surface area (Å²) in [5.41, 5.74) is 0.478. The summed E-state index contributed by atoms with van der Waals surface area (Å²) >= 11 is 0. The lowest BCUT2D eigenvalue weighted by Gasteiger charge is -1.96. The Kier molecular flexibility index (Phi) is 2.60. The topological polar surface area (TPSA) is 76.7 Å². The number of aryl methyl sites for hydroxylation is 1. The molecule has 0 amide bonds. The van der Waals surface area contributed by atoms with Crippen molar-refractivity contribution in [2.75, 3.05) is 7.11 Å². The van der Waals surface area contributed by atoms with Crippen LogP contribution in [0.3, 0.4) is 0 Å². The number of aromatic carboxylic acids is 1. The number of carbonyl (C=O) groups is 2. The van der Waals surface area contributed by atoms with Crippen LogP contribution in [0.4, 0.5) is 0 Å². The molecule has 1 N–H and O–H groups in total. The van der Waals surface area contributed by atoms with Gasteiger partial charge in [-0.3, -0.25) is 0 Å². The zero-order valence-electron chi connectivity index (χ0n) is 8.08. The van der Waals surface area contributed by atoms with E-state index >= 15 is 0 Å². The molecule has 0 aliphatic carbocycles. The van der Waals surface area contributed by atoms with Gasteiger partial charge in [-0.1, -0.05) is 0 Å². The van der Waals surface area contributed by atoms with Crippen LogP contribution in [0.25, 0.3) is 0 Å². The molecule has 0 saturated carbocycles.